The van der Waals surface area contributed by atoms with Crippen molar-refractivity contribution in [2.45, 2.75) is 17.9 Å². The fraction of sp³-hybridized carbons (Fsp3) is 0.227. The number of hydrogen-bond donors (Lipinski definition) is 2. The molecule has 1 aromatic heterocycles. The molecule has 164 valence electrons. The van der Waals surface area contributed by atoms with Gasteiger partial charge in [0.2, 0.25) is 0 Å². The lowest BCUT2D eigenvalue weighted by molar-refractivity contribution is 0.0939. The van der Waals surface area contributed by atoms with Gasteiger partial charge in [-0.05, 0) is 81.2 Å². The summed E-state index contributed by atoms with van der Waals surface area (Å²) in [4.78, 5) is 14.4. The molecule has 0 saturated heterocycles. The van der Waals surface area contributed by atoms with E-state index in [-0.39, 0.29) is 22.4 Å². The number of benzene rings is 2. The molecule has 31 heavy (non-hydrogen) atoms. The van der Waals surface area contributed by atoms with E-state index >= 15 is 0 Å². The number of sulfonamides is 1. The smallest absolute Gasteiger partial charge is 0.261 e. The van der Waals surface area contributed by atoms with Crippen molar-refractivity contribution in [3.05, 3.63) is 83.6 Å². The van der Waals surface area contributed by atoms with Gasteiger partial charge in [0.15, 0.2) is 0 Å². The van der Waals surface area contributed by atoms with Gasteiger partial charge in [0.1, 0.15) is 11.6 Å². The van der Waals surface area contributed by atoms with Gasteiger partial charge in [0.25, 0.3) is 15.9 Å². The molecule has 0 spiro atoms. The van der Waals surface area contributed by atoms with Gasteiger partial charge >= 0.3 is 0 Å². The molecule has 0 bridgehead atoms. The van der Waals surface area contributed by atoms with Crippen LogP contribution in [0.25, 0.3) is 0 Å². The number of nitrogens with zero attached hydrogens (tertiary/aromatic N) is 1. The highest BCUT2D eigenvalue weighted by molar-refractivity contribution is 7.92. The number of carbonyl (C=O) groups is 1. The van der Waals surface area contributed by atoms with Crippen LogP contribution >= 0.6 is 0 Å². The van der Waals surface area contributed by atoms with Crippen LogP contribution in [-0.4, -0.2) is 39.9 Å². The van der Waals surface area contributed by atoms with Gasteiger partial charge < -0.3 is 9.73 Å². The minimum atomic E-state index is -3.87. The molecule has 1 atom stereocenters. The predicted molar refractivity (Wildman–Crippen MR) is 116 cm³/mol. The van der Waals surface area contributed by atoms with Gasteiger partial charge in [-0.25, -0.2) is 12.8 Å². The van der Waals surface area contributed by atoms with Gasteiger partial charge in [-0.1, -0.05) is 0 Å². The van der Waals surface area contributed by atoms with E-state index in [0.29, 0.717) is 17.8 Å². The summed E-state index contributed by atoms with van der Waals surface area (Å²) in [6, 6.07) is 13.2. The molecule has 0 unspecified atom stereocenters. The molecular formula is C22H24FN3O4S. The molecule has 7 nitrogen and oxygen atoms in total. The molecule has 3 rings (SSSR count). The Morgan fingerprint density at radius 1 is 1.13 bits per heavy atom. The van der Waals surface area contributed by atoms with E-state index in [2.05, 4.69) is 10.0 Å². The Balaban J connectivity index is 1.65. The standard InChI is InChI=1S/C22H24FN3O4S/c1-15-13-18(10-11-19(15)23)31(28,29)25-17-8-6-16(7-9-17)22(27)24-14-20(26(2)3)21-5-4-12-30-21/h4-13,20,25H,14H2,1-3H3,(H,24,27)/t20-/m1/s1. The van der Waals surface area contributed by atoms with Crippen molar-refractivity contribution < 1.29 is 22.0 Å². The number of halogens is 1. The van der Waals surface area contributed by atoms with Crippen LogP contribution in [0.4, 0.5) is 10.1 Å². The van der Waals surface area contributed by atoms with E-state index in [4.69, 9.17) is 4.42 Å². The second kappa shape index (κ2) is 9.32. The van der Waals surface area contributed by atoms with Crippen LogP contribution in [0.15, 0.2) is 70.2 Å². The first-order chi connectivity index (χ1) is 14.7. The Bertz CT molecular complexity index is 1140. The minimum Gasteiger partial charge on any atom is -0.468 e. The highest BCUT2D eigenvalue weighted by Crippen LogP contribution is 2.20. The summed E-state index contributed by atoms with van der Waals surface area (Å²) in [6.07, 6.45) is 1.58. The zero-order valence-corrected chi connectivity index (χ0v) is 18.2. The molecule has 2 N–H and O–H groups in total. The number of furan rings is 1. The molecule has 1 amide bonds. The largest absolute Gasteiger partial charge is 0.468 e. The molecule has 9 heteroatoms. The Morgan fingerprint density at radius 2 is 1.84 bits per heavy atom. The summed E-state index contributed by atoms with van der Waals surface area (Å²) in [7, 11) is -0.0915. The molecule has 3 aromatic rings. The fourth-order valence-electron chi connectivity index (χ4n) is 3.00. The van der Waals surface area contributed by atoms with Gasteiger partial charge in [-0.2, -0.15) is 0 Å². The van der Waals surface area contributed by atoms with Crippen LogP contribution in [0.3, 0.4) is 0 Å². The molecule has 0 radical (unpaired) electrons. The molecule has 2 aromatic carbocycles. The number of likely N-dealkylation sites (N-methyl/N-ethyl adjacent to an activating group) is 1. The number of amides is 1. The van der Waals surface area contributed by atoms with Gasteiger partial charge in [-0.3, -0.25) is 14.4 Å². The second-order valence-corrected chi connectivity index (χ2v) is 8.98. The number of anilines is 1. The maximum atomic E-state index is 13.4. The molecule has 0 fully saturated rings. The van der Waals surface area contributed by atoms with Crippen LogP contribution < -0.4 is 10.0 Å². The zero-order chi connectivity index (χ0) is 22.6. The first-order valence-electron chi connectivity index (χ1n) is 9.54. The van der Waals surface area contributed by atoms with Crippen LogP contribution in [0.2, 0.25) is 0 Å². The van der Waals surface area contributed by atoms with Crippen LogP contribution in [0.1, 0.15) is 27.7 Å². The lowest BCUT2D eigenvalue weighted by atomic mass is 10.1. The third-order valence-electron chi connectivity index (χ3n) is 4.79. The number of hydrogen-bond acceptors (Lipinski definition) is 5. The van der Waals surface area contributed by atoms with Crippen LogP contribution in [0, 0.1) is 12.7 Å². The van der Waals surface area contributed by atoms with Crippen molar-refractivity contribution in [2.75, 3.05) is 25.4 Å². The van der Waals surface area contributed by atoms with Crippen molar-refractivity contribution in [2.24, 2.45) is 0 Å². The third-order valence-corrected chi connectivity index (χ3v) is 6.17. The third kappa shape index (κ3) is 5.50. The van der Waals surface area contributed by atoms with E-state index < -0.39 is 15.8 Å². The first kappa shape index (κ1) is 22.5. The van der Waals surface area contributed by atoms with Gasteiger partial charge in [0, 0.05) is 17.8 Å². The number of aryl methyl sites for hydroxylation is 1. The molecule has 1 heterocycles. The monoisotopic (exact) mass is 445 g/mol. The number of nitrogens with one attached hydrogen (secondary N) is 2. The van der Waals surface area contributed by atoms with E-state index in [1.165, 1.54) is 43.3 Å². The fourth-order valence-corrected chi connectivity index (χ4v) is 4.14. The molecular weight excluding hydrogens is 421 g/mol. The Morgan fingerprint density at radius 3 is 2.42 bits per heavy atom. The summed E-state index contributed by atoms with van der Waals surface area (Å²) < 4.78 is 46.3. The number of carbonyl (C=O) groups excluding carboxylic acids is 1. The molecule has 0 aliphatic rings. The van der Waals surface area contributed by atoms with Gasteiger partial charge in [0.05, 0.1) is 17.2 Å². The van der Waals surface area contributed by atoms with Crippen molar-refractivity contribution in [1.29, 1.82) is 0 Å². The summed E-state index contributed by atoms with van der Waals surface area (Å²) in [6.45, 7) is 1.84. The summed E-state index contributed by atoms with van der Waals surface area (Å²) in [5, 5.41) is 2.86. The summed E-state index contributed by atoms with van der Waals surface area (Å²) >= 11 is 0. The lowest BCUT2D eigenvalue weighted by Crippen LogP contribution is -2.34. The van der Waals surface area contributed by atoms with E-state index in [1.807, 2.05) is 25.1 Å². The van der Waals surface area contributed by atoms with E-state index in [1.54, 1.807) is 12.3 Å². The summed E-state index contributed by atoms with van der Waals surface area (Å²) in [5.74, 6) is -0.0223. The maximum Gasteiger partial charge on any atom is 0.261 e. The van der Waals surface area contributed by atoms with Crippen molar-refractivity contribution in [3.63, 3.8) is 0 Å². The quantitative estimate of drug-likeness (QED) is 0.553. The average Bonchev–Trinajstić information content (AvgIpc) is 3.24. The normalized spacial score (nSPS) is 12.5. The molecule has 0 saturated carbocycles. The second-order valence-electron chi connectivity index (χ2n) is 7.30. The maximum absolute atomic E-state index is 13.4. The van der Waals surface area contributed by atoms with Crippen LogP contribution in [-0.2, 0) is 10.0 Å². The predicted octanol–water partition coefficient (Wildman–Crippen LogP) is 3.56. The van der Waals surface area contributed by atoms with Crippen LogP contribution in [0.5, 0.6) is 0 Å². The van der Waals surface area contributed by atoms with E-state index in [0.717, 1.165) is 11.8 Å². The Labute approximate surface area is 180 Å². The minimum absolute atomic E-state index is 0.0409. The molecule has 0 aliphatic heterocycles. The zero-order valence-electron chi connectivity index (χ0n) is 17.4. The van der Waals surface area contributed by atoms with E-state index in [9.17, 15) is 17.6 Å². The van der Waals surface area contributed by atoms with Gasteiger partial charge in [-0.15, -0.1) is 0 Å². The van der Waals surface area contributed by atoms with Crippen molar-refractivity contribution in [1.82, 2.24) is 10.2 Å². The first-order valence-corrected chi connectivity index (χ1v) is 11.0. The lowest BCUT2D eigenvalue weighted by Gasteiger charge is -2.22. The average molecular weight is 446 g/mol. The highest BCUT2D eigenvalue weighted by atomic mass is 32.2. The van der Waals surface area contributed by atoms with Crippen molar-refractivity contribution in [3.8, 4) is 0 Å². The Kier molecular flexibility index (Phi) is 6.77. The number of rotatable bonds is 8. The Hall–Kier alpha value is -3.17. The molecule has 0 aliphatic carbocycles. The highest BCUT2D eigenvalue weighted by Gasteiger charge is 2.19. The summed E-state index contributed by atoms with van der Waals surface area (Å²) in [5.41, 5.74) is 0.915. The topological polar surface area (TPSA) is 91.6 Å². The van der Waals surface area contributed by atoms with Crippen molar-refractivity contribution >= 4 is 21.6 Å². The SMILES string of the molecule is Cc1cc(S(=O)(=O)Nc2ccc(C(=O)NC[C@H](c3ccco3)N(C)C)cc2)ccc1F.